The molecule has 186 valence electrons. The lowest BCUT2D eigenvalue weighted by Crippen LogP contribution is -2.31. The summed E-state index contributed by atoms with van der Waals surface area (Å²) >= 11 is 0. The van der Waals surface area contributed by atoms with Gasteiger partial charge in [-0.15, -0.1) is 0 Å². The van der Waals surface area contributed by atoms with E-state index in [9.17, 15) is 4.79 Å². The van der Waals surface area contributed by atoms with Crippen LogP contribution in [-0.2, 0) is 6.54 Å². The van der Waals surface area contributed by atoms with E-state index < -0.39 is 0 Å². The molecule has 1 fully saturated rings. The Labute approximate surface area is 209 Å². The topological polar surface area (TPSA) is 113 Å². The summed E-state index contributed by atoms with van der Waals surface area (Å²) < 4.78 is 10.7. The van der Waals surface area contributed by atoms with E-state index in [4.69, 9.17) is 14.0 Å². The van der Waals surface area contributed by atoms with Gasteiger partial charge < -0.3 is 19.3 Å². The van der Waals surface area contributed by atoms with Gasteiger partial charge in [0.1, 0.15) is 12.0 Å². The highest BCUT2D eigenvalue weighted by Crippen LogP contribution is 2.34. The molecule has 36 heavy (non-hydrogen) atoms. The first-order chi connectivity index (χ1) is 17.7. The van der Waals surface area contributed by atoms with Crippen molar-refractivity contribution in [3.05, 3.63) is 66.4 Å². The van der Waals surface area contributed by atoms with Crippen molar-refractivity contribution in [1.82, 2.24) is 30.1 Å². The number of amides is 1. The summed E-state index contributed by atoms with van der Waals surface area (Å²) in [6.45, 7) is 7.88. The van der Waals surface area contributed by atoms with Gasteiger partial charge in [0.15, 0.2) is 5.76 Å². The van der Waals surface area contributed by atoms with E-state index in [-0.39, 0.29) is 11.9 Å². The second kappa shape index (κ2) is 10.7. The highest BCUT2D eigenvalue weighted by molar-refractivity contribution is 5.93. The maximum absolute atomic E-state index is 12.6. The lowest BCUT2D eigenvalue weighted by molar-refractivity contribution is 0.0791. The molecule has 10 nitrogen and oxygen atoms in total. The zero-order chi connectivity index (χ0) is 24.9. The fourth-order valence-corrected chi connectivity index (χ4v) is 4.45. The largest absolute Gasteiger partial charge is 0.364 e. The Morgan fingerprint density at radius 3 is 2.78 bits per heavy atom. The number of benzene rings is 1. The van der Waals surface area contributed by atoms with Crippen LogP contribution in [0.2, 0.25) is 0 Å². The first-order valence-corrected chi connectivity index (χ1v) is 12.2. The number of rotatable bonds is 9. The van der Waals surface area contributed by atoms with Gasteiger partial charge in [-0.3, -0.25) is 9.69 Å². The summed E-state index contributed by atoms with van der Waals surface area (Å²) in [6.07, 6.45) is 5.34. The van der Waals surface area contributed by atoms with E-state index in [0.717, 1.165) is 47.8 Å². The van der Waals surface area contributed by atoms with E-state index >= 15 is 0 Å². The fraction of sp³-hybridized carbons (Fsp3) is 0.346. The number of nitrogens with one attached hydrogen (secondary N) is 1. The molecule has 1 aliphatic heterocycles. The minimum Gasteiger partial charge on any atom is -0.364 e. The SMILES string of the molecule is CCN(CC)Cc1onc(-c2ccccc2)c1-c1ccnc(N[C@@H]2CCN(C(=O)c3cnoc3)C2)n1. The molecule has 0 bridgehead atoms. The second-order valence-corrected chi connectivity index (χ2v) is 8.72. The van der Waals surface area contributed by atoms with Crippen molar-refractivity contribution in [2.45, 2.75) is 32.9 Å². The van der Waals surface area contributed by atoms with Crippen LogP contribution in [0.25, 0.3) is 22.5 Å². The smallest absolute Gasteiger partial charge is 0.258 e. The van der Waals surface area contributed by atoms with Crippen molar-refractivity contribution < 1.29 is 13.8 Å². The Balaban J connectivity index is 1.39. The summed E-state index contributed by atoms with van der Waals surface area (Å²) in [7, 11) is 0. The van der Waals surface area contributed by atoms with Crippen LogP contribution in [0.3, 0.4) is 0 Å². The monoisotopic (exact) mass is 487 g/mol. The first-order valence-electron chi connectivity index (χ1n) is 12.2. The molecule has 1 N–H and O–H groups in total. The molecule has 0 spiro atoms. The van der Waals surface area contributed by atoms with Gasteiger partial charge in [-0.2, -0.15) is 0 Å². The zero-order valence-corrected chi connectivity index (χ0v) is 20.4. The molecular weight excluding hydrogens is 458 g/mol. The molecule has 4 aromatic rings. The number of nitrogens with zero attached hydrogens (tertiary/aromatic N) is 6. The first kappa shape index (κ1) is 23.7. The van der Waals surface area contributed by atoms with Gasteiger partial charge in [0.2, 0.25) is 5.95 Å². The lowest BCUT2D eigenvalue weighted by atomic mass is 10.0. The summed E-state index contributed by atoms with van der Waals surface area (Å²) in [4.78, 5) is 25.9. The summed E-state index contributed by atoms with van der Waals surface area (Å²) in [5.74, 6) is 1.19. The molecule has 4 heterocycles. The maximum atomic E-state index is 12.6. The fourth-order valence-electron chi connectivity index (χ4n) is 4.45. The zero-order valence-electron chi connectivity index (χ0n) is 20.4. The van der Waals surface area contributed by atoms with Gasteiger partial charge in [-0.05, 0) is 25.6 Å². The van der Waals surface area contributed by atoms with E-state index in [1.54, 1.807) is 11.1 Å². The van der Waals surface area contributed by atoms with Crippen LogP contribution in [0.15, 0.2) is 64.1 Å². The molecule has 0 unspecified atom stereocenters. The third kappa shape index (κ3) is 4.99. The maximum Gasteiger partial charge on any atom is 0.258 e. The Hall–Kier alpha value is -4.05. The van der Waals surface area contributed by atoms with Crippen LogP contribution >= 0.6 is 0 Å². The Bertz CT molecular complexity index is 1290. The molecule has 1 saturated heterocycles. The van der Waals surface area contributed by atoms with Crippen LogP contribution in [0.5, 0.6) is 0 Å². The van der Waals surface area contributed by atoms with Crippen LogP contribution in [0, 0.1) is 0 Å². The Morgan fingerprint density at radius 1 is 1.19 bits per heavy atom. The van der Waals surface area contributed by atoms with Crippen molar-refractivity contribution in [2.75, 3.05) is 31.5 Å². The van der Waals surface area contributed by atoms with Gasteiger partial charge in [0, 0.05) is 30.9 Å². The van der Waals surface area contributed by atoms with Crippen LogP contribution in [0.1, 0.15) is 36.4 Å². The van der Waals surface area contributed by atoms with Gasteiger partial charge in [0.25, 0.3) is 5.91 Å². The predicted octanol–water partition coefficient (Wildman–Crippen LogP) is 3.96. The molecule has 1 amide bonds. The normalized spacial score (nSPS) is 15.5. The molecule has 0 radical (unpaired) electrons. The van der Waals surface area contributed by atoms with Crippen LogP contribution in [0.4, 0.5) is 5.95 Å². The number of anilines is 1. The number of aromatic nitrogens is 4. The Morgan fingerprint density at radius 2 is 2.03 bits per heavy atom. The quantitative estimate of drug-likeness (QED) is 0.375. The number of carbonyl (C=O) groups is 1. The van der Waals surface area contributed by atoms with E-state index in [0.29, 0.717) is 31.1 Å². The van der Waals surface area contributed by atoms with Crippen molar-refractivity contribution in [2.24, 2.45) is 0 Å². The molecule has 0 saturated carbocycles. The molecule has 10 heteroatoms. The minimum absolute atomic E-state index is 0.0373. The van der Waals surface area contributed by atoms with E-state index in [1.165, 1.54) is 12.5 Å². The van der Waals surface area contributed by atoms with Gasteiger partial charge in [-0.25, -0.2) is 9.97 Å². The highest BCUT2D eigenvalue weighted by atomic mass is 16.5. The molecule has 5 rings (SSSR count). The van der Waals surface area contributed by atoms with Crippen LogP contribution < -0.4 is 5.32 Å². The number of carbonyl (C=O) groups excluding carboxylic acids is 1. The van der Waals surface area contributed by atoms with E-state index in [2.05, 4.69) is 39.4 Å². The lowest BCUT2D eigenvalue weighted by Gasteiger charge is -2.17. The summed E-state index contributed by atoms with van der Waals surface area (Å²) in [5, 5.41) is 11.5. The summed E-state index contributed by atoms with van der Waals surface area (Å²) in [5.41, 5.74) is 3.79. The van der Waals surface area contributed by atoms with Crippen molar-refractivity contribution in [3.8, 4) is 22.5 Å². The van der Waals surface area contributed by atoms with Crippen molar-refractivity contribution in [1.29, 1.82) is 0 Å². The van der Waals surface area contributed by atoms with Gasteiger partial charge in [0.05, 0.1) is 29.6 Å². The van der Waals surface area contributed by atoms with Gasteiger partial charge >= 0.3 is 0 Å². The number of hydrogen-bond acceptors (Lipinski definition) is 9. The third-order valence-electron chi connectivity index (χ3n) is 6.47. The predicted molar refractivity (Wildman–Crippen MR) is 134 cm³/mol. The molecule has 0 aliphatic carbocycles. The van der Waals surface area contributed by atoms with Crippen molar-refractivity contribution >= 4 is 11.9 Å². The van der Waals surface area contributed by atoms with Crippen molar-refractivity contribution in [3.63, 3.8) is 0 Å². The average molecular weight is 488 g/mol. The average Bonchev–Trinajstić information content (AvgIpc) is 3.69. The van der Waals surface area contributed by atoms with Gasteiger partial charge in [-0.1, -0.05) is 54.5 Å². The summed E-state index contributed by atoms with van der Waals surface area (Å²) in [6, 6.07) is 11.9. The molecular formula is C26H29N7O3. The minimum atomic E-state index is -0.0896. The molecule has 3 aromatic heterocycles. The number of hydrogen-bond donors (Lipinski definition) is 1. The molecule has 1 aliphatic rings. The third-order valence-corrected chi connectivity index (χ3v) is 6.47. The molecule has 1 aromatic carbocycles. The van der Waals surface area contributed by atoms with Crippen LogP contribution in [-0.4, -0.2) is 68.2 Å². The second-order valence-electron chi connectivity index (χ2n) is 8.72. The van der Waals surface area contributed by atoms with E-state index in [1.807, 2.05) is 36.4 Å². The highest BCUT2D eigenvalue weighted by Gasteiger charge is 2.28. The molecule has 1 atom stereocenters. The number of likely N-dealkylation sites (tertiary alicyclic amines) is 1. The Kier molecular flexibility index (Phi) is 7.03. The standard InChI is InChI=1S/C26H29N7O3/c1-3-32(4-2)16-22-23(24(31-36-22)18-8-6-5-7-9-18)21-10-12-27-26(30-21)29-20-11-13-33(15-20)25(34)19-14-28-35-17-19/h5-10,12,14,17,20H,3-4,11,13,15-16H2,1-2H3,(H,27,29,30)/t20-/m1/s1.